The van der Waals surface area contributed by atoms with E-state index in [-0.39, 0.29) is 5.75 Å². The zero-order chi connectivity index (χ0) is 18.4. The molecule has 0 heterocycles. The van der Waals surface area contributed by atoms with Crippen LogP contribution in [0, 0.1) is 0 Å². The summed E-state index contributed by atoms with van der Waals surface area (Å²) < 4.78 is 31.8. The van der Waals surface area contributed by atoms with Crippen LogP contribution in [0.1, 0.15) is 77.6 Å². The molecule has 0 aromatic heterocycles. The highest BCUT2D eigenvalue weighted by Crippen LogP contribution is 2.19. The third-order valence-electron chi connectivity index (χ3n) is 4.05. The van der Waals surface area contributed by atoms with Crippen molar-refractivity contribution in [3.8, 4) is 11.5 Å². The maximum Gasteiger partial charge on any atom is 0.380 e. The summed E-state index contributed by atoms with van der Waals surface area (Å²) in [7, 11) is -3.97. The molecule has 5 nitrogen and oxygen atoms in total. The summed E-state index contributed by atoms with van der Waals surface area (Å²) in [5.41, 5.74) is 0. The van der Waals surface area contributed by atoms with Gasteiger partial charge in [-0.15, -0.1) is 0 Å². The number of hydrogen-bond acceptors (Lipinski definition) is 4. The van der Waals surface area contributed by atoms with Gasteiger partial charge in [0.2, 0.25) is 0 Å². The maximum atomic E-state index is 10.8. The molecule has 2 N–H and O–H groups in total. The van der Waals surface area contributed by atoms with E-state index in [2.05, 4.69) is 11.1 Å². The summed E-state index contributed by atoms with van der Waals surface area (Å²) in [5, 5.41) is 4.81. The van der Waals surface area contributed by atoms with Crippen molar-refractivity contribution in [2.75, 3.05) is 6.61 Å². The van der Waals surface area contributed by atoms with E-state index in [0.29, 0.717) is 12.4 Å². The Bertz CT molecular complexity index is 543. The van der Waals surface area contributed by atoms with Crippen LogP contribution in [0.5, 0.6) is 11.5 Å². The van der Waals surface area contributed by atoms with Crippen molar-refractivity contribution < 1.29 is 17.3 Å². The normalized spacial score (nSPS) is 11.4. The molecular formula is C19H33NO4S. The van der Waals surface area contributed by atoms with Gasteiger partial charge in [0.1, 0.15) is 11.5 Å². The number of rotatable bonds is 15. The number of ether oxygens (including phenoxy) is 1. The molecular weight excluding hydrogens is 338 g/mol. The van der Waals surface area contributed by atoms with Gasteiger partial charge in [-0.25, -0.2) is 0 Å². The fourth-order valence-electron chi connectivity index (χ4n) is 2.68. The van der Waals surface area contributed by atoms with Crippen molar-refractivity contribution in [2.24, 2.45) is 5.14 Å². The molecule has 144 valence electrons. The third kappa shape index (κ3) is 12.7. The smallest absolute Gasteiger partial charge is 0.380 e. The maximum absolute atomic E-state index is 10.8. The van der Waals surface area contributed by atoms with E-state index < -0.39 is 10.3 Å². The number of benzene rings is 1. The SMILES string of the molecule is CCCCCCCCCCCCCOc1ccc(OS(N)(=O)=O)cc1. The molecule has 0 fully saturated rings. The van der Waals surface area contributed by atoms with Crippen molar-refractivity contribution in [2.45, 2.75) is 77.6 Å². The van der Waals surface area contributed by atoms with Gasteiger partial charge < -0.3 is 8.92 Å². The lowest BCUT2D eigenvalue weighted by Gasteiger charge is -2.07. The lowest BCUT2D eigenvalue weighted by Crippen LogP contribution is -2.18. The van der Waals surface area contributed by atoms with Gasteiger partial charge in [-0.2, -0.15) is 13.6 Å². The van der Waals surface area contributed by atoms with Crippen molar-refractivity contribution in [3.63, 3.8) is 0 Å². The Morgan fingerprint density at radius 2 is 1.20 bits per heavy atom. The predicted molar refractivity (Wildman–Crippen MR) is 102 cm³/mol. The monoisotopic (exact) mass is 371 g/mol. The third-order valence-corrected chi connectivity index (χ3v) is 4.48. The average Bonchev–Trinajstić information content (AvgIpc) is 2.56. The number of hydrogen-bond donors (Lipinski definition) is 1. The molecule has 0 unspecified atom stereocenters. The minimum Gasteiger partial charge on any atom is -0.494 e. The van der Waals surface area contributed by atoms with Gasteiger partial charge in [-0.1, -0.05) is 71.1 Å². The van der Waals surface area contributed by atoms with E-state index in [1.54, 1.807) is 12.1 Å². The molecule has 0 bridgehead atoms. The van der Waals surface area contributed by atoms with Crippen molar-refractivity contribution >= 4 is 10.3 Å². The van der Waals surface area contributed by atoms with Gasteiger partial charge >= 0.3 is 10.3 Å². The van der Waals surface area contributed by atoms with Crippen LogP contribution in [0.2, 0.25) is 0 Å². The van der Waals surface area contributed by atoms with Crippen LogP contribution in [-0.2, 0) is 10.3 Å². The van der Waals surface area contributed by atoms with Gasteiger partial charge in [0.15, 0.2) is 0 Å². The number of nitrogens with two attached hydrogens (primary N) is 1. The van der Waals surface area contributed by atoms with E-state index in [4.69, 9.17) is 9.88 Å². The molecule has 0 radical (unpaired) electrons. The lowest BCUT2D eigenvalue weighted by atomic mass is 10.1. The topological polar surface area (TPSA) is 78.6 Å². The van der Waals surface area contributed by atoms with Gasteiger partial charge in [-0.05, 0) is 30.7 Å². The molecule has 0 amide bonds. The first-order valence-electron chi connectivity index (χ1n) is 9.46. The lowest BCUT2D eigenvalue weighted by molar-refractivity contribution is 0.304. The molecule has 0 atom stereocenters. The summed E-state index contributed by atoms with van der Waals surface area (Å²) in [6, 6.07) is 6.42. The molecule has 0 aliphatic carbocycles. The first kappa shape index (κ1) is 21.8. The highest BCUT2D eigenvalue weighted by Gasteiger charge is 2.04. The molecule has 0 saturated carbocycles. The van der Waals surface area contributed by atoms with E-state index in [9.17, 15) is 8.42 Å². The molecule has 25 heavy (non-hydrogen) atoms. The molecule has 0 aliphatic heterocycles. The highest BCUT2D eigenvalue weighted by atomic mass is 32.2. The largest absolute Gasteiger partial charge is 0.494 e. The van der Waals surface area contributed by atoms with Crippen LogP contribution in [0.4, 0.5) is 0 Å². The van der Waals surface area contributed by atoms with Crippen LogP contribution in [-0.4, -0.2) is 15.0 Å². The van der Waals surface area contributed by atoms with Gasteiger partial charge in [-0.3, -0.25) is 0 Å². The molecule has 0 spiro atoms. The molecule has 1 aromatic carbocycles. The first-order chi connectivity index (χ1) is 12.0. The van der Waals surface area contributed by atoms with Crippen LogP contribution in [0.3, 0.4) is 0 Å². The van der Waals surface area contributed by atoms with E-state index in [1.165, 1.54) is 76.3 Å². The Hall–Kier alpha value is -1.27. The Kier molecular flexibility index (Phi) is 11.3. The number of unbranched alkanes of at least 4 members (excludes halogenated alkanes) is 10. The molecule has 0 aliphatic rings. The Morgan fingerprint density at radius 1 is 0.760 bits per heavy atom. The minimum atomic E-state index is -3.97. The summed E-state index contributed by atoms with van der Waals surface area (Å²) >= 11 is 0. The van der Waals surface area contributed by atoms with Crippen LogP contribution >= 0.6 is 0 Å². The van der Waals surface area contributed by atoms with Crippen molar-refractivity contribution in [1.82, 2.24) is 0 Å². The van der Waals surface area contributed by atoms with Crippen LogP contribution in [0.25, 0.3) is 0 Å². The summed E-state index contributed by atoms with van der Waals surface area (Å²) in [6.07, 6.45) is 14.4. The quantitative estimate of drug-likeness (QED) is 0.442. The fraction of sp³-hybridized carbons (Fsp3) is 0.684. The Labute approximate surface area is 153 Å². The molecule has 1 aromatic rings. The van der Waals surface area contributed by atoms with E-state index in [1.807, 2.05) is 0 Å². The highest BCUT2D eigenvalue weighted by molar-refractivity contribution is 7.84. The second kappa shape index (κ2) is 13.0. The Balaban J connectivity index is 1.97. The van der Waals surface area contributed by atoms with Crippen LogP contribution < -0.4 is 14.1 Å². The molecule has 6 heteroatoms. The van der Waals surface area contributed by atoms with Crippen molar-refractivity contribution in [3.05, 3.63) is 24.3 Å². The summed E-state index contributed by atoms with van der Waals surface area (Å²) in [4.78, 5) is 0. The zero-order valence-electron chi connectivity index (χ0n) is 15.4. The summed E-state index contributed by atoms with van der Waals surface area (Å²) in [6.45, 7) is 2.92. The zero-order valence-corrected chi connectivity index (χ0v) is 16.2. The summed E-state index contributed by atoms with van der Waals surface area (Å²) in [5.74, 6) is 0.887. The predicted octanol–water partition coefficient (Wildman–Crippen LogP) is 4.96. The average molecular weight is 372 g/mol. The second-order valence-corrected chi connectivity index (χ2v) is 7.58. The van der Waals surface area contributed by atoms with Gasteiger partial charge in [0, 0.05) is 0 Å². The Morgan fingerprint density at radius 3 is 1.68 bits per heavy atom. The second-order valence-electron chi connectivity index (χ2n) is 6.43. The standard InChI is InChI=1S/C19H33NO4S/c1-2-3-4-5-6-7-8-9-10-11-12-17-23-18-13-15-19(16-14-18)24-25(20,21)22/h13-16H,2-12,17H2,1H3,(H2,20,21,22). The van der Waals surface area contributed by atoms with Gasteiger partial charge in [0.25, 0.3) is 0 Å². The fourth-order valence-corrected chi connectivity index (χ4v) is 3.06. The first-order valence-corrected chi connectivity index (χ1v) is 10.9. The van der Waals surface area contributed by atoms with Gasteiger partial charge in [0.05, 0.1) is 6.61 Å². The molecule has 0 saturated heterocycles. The molecule has 1 rings (SSSR count). The van der Waals surface area contributed by atoms with Crippen LogP contribution in [0.15, 0.2) is 24.3 Å². The van der Waals surface area contributed by atoms with E-state index in [0.717, 1.165) is 6.42 Å². The van der Waals surface area contributed by atoms with E-state index >= 15 is 0 Å². The minimum absolute atomic E-state index is 0.185. The van der Waals surface area contributed by atoms with Crippen molar-refractivity contribution in [1.29, 1.82) is 0 Å².